The number of aliphatic imine (C=N–C) groups is 1. The van der Waals surface area contributed by atoms with E-state index in [1.165, 1.54) is 0 Å². The van der Waals surface area contributed by atoms with Gasteiger partial charge in [-0.05, 0) is 11.3 Å². The minimum atomic E-state index is 0.431. The molecule has 0 saturated heterocycles. The standard InChI is InChI=1S/C7H13N/c1-6-4-8-5-7(6,2)3/h4,6H,5H2,1-3H3. The van der Waals surface area contributed by atoms with E-state index in [1.54, 1.807) is 0 Å². The monoisotopic (exact) mass is 111 g/mol. The third kappa shape index (κ3) is 0.770. The molecular weight excluding hydrogens is 98.1 g/mol. The second kappa shape index (κ2) is 1.57. The third-order valence-electron chi connectivity index (χ3n) is 2.06. The van der Waals surface area contributed by atoms with E-state index in [1.807, 2.05) is 0 Å². The average molecular weight is 111 g/mol. The van der Waals surface area contributed by atoms with Gasteiger partial charge in [-0.15, -0.1) is 0 Å². The minimum absolute atomic E-state index is 0.431. The van der Waals surface area contributed by atoms with Crippen LogP contribution in [0.2, 0.25) is 0 Å². The fraction of sp³-hybridized carbons (Fsp3) is 0.857. The first-order valence-electron chi connectivity index (χ1n) is 3.13. The van der Waals surface area contributed by atoms with Crippen molar-refractivity contribution < 1.29 is 0 Å². The van der Waals surface area contributed by atoms with Crippen LogP contribution in [0.1, 0.15) is 20.8 Å². The zero-order valence-corrected chi connectivity index (χ0v) is 5.81. The lowest BCUT2D eigenvalue weighted by atomic mass is 9.83. The highest BCUT2D eigenvalue weighted by Gasteiger charge is 2.27. The van der Waals surface area contributed by atoms with Crippen LogP contribution in [-0.4, -0.2) is 12.8 Å². The van der Waals surface area contributed by atoms with E-state index >= 15 is 0 Å². The molecule has 0 fully saturated rings. The number of hydrogen-bond donors (Lipinski definition) is 0. The summed E-state index contributed by atoms with van der Waals surface area (Å²) in [6.07, 6.45) is 2.06. The highest BCUT2D eigenvalue weighted by Crippen LogP contribution is 2.29. The van der Waals surface area contributed by atoms with Crippen LogP contribution in [0.15, 0.2) is 4.99 Å². The summed E-state index contributed by atoms with van der Waals surface area (Å²) in [5.41, 5.74) is 0.431. The molecule has 46 valence electrons. The van der Waals surface area contributed by atoms with E-state index in [4.69, 9.17) is 0 Å². The quantitative estimate of drug-likeness (QED) is 0.451. The summed E-state index contributed by atoms with van der Waals surface area (Å²) in [5, 5.41) is 0. The molecule has 1 rings (SSSR count). The lowest BCUT2D eigenvalue weighted by molar-refractivity contribution is 0.336. The molecule has 0 aromatic carbocycles. The molecule has 0 aliphatic carbocycles. The maximum Gasteiger partial charge on any atom is 0.0442 e. The highest BCUT2D eigenvalue weighted by atomic mass is 14.8. The van der Waals surface area contributed by atoms with Gasteiger partial charge < -0.3 is 0 Å². The average Bonchev–Trinajstić information content (AvgIpc) is 1.86. The Balaban J connectivity index is 2.64. The van der Waals surface area contributed by atoms with Gasteiger partial charge in [0.15, 0.2) is 0 Å². The van der Waals surface area contributed by atoms with Gasteiger partial charge in [0.1, 0.15) is 0 Å². The van der Waals surface area contributed by atoms with Gasteiger partial charge in [-0.3, -0.25) is 4.99 Å². The molecular formula is C7H13N. The summed E-state index contributed by atoms with van der Waals surface area (Å²) in [7, 11) is 0. The first kappa shape index (κ1) is 5.80. The van der Waals surface area contributed by atoms with Gasteiger partial charge in [0.2, 0.25) is 0 Å². The maximum atomic E-state index is 4.19. The first-order valence-corrected chi connectivity index (χ1v) is 3.13. The van der Waals surface area contributed by atoms with Crippen LogP contribution < -0.4 is 0 Å². The van der Waals surface area contributed by atoms with Crippen LogP contribution >= 0.6 is 0 Å². The van der Waals surface area contributed by atoms with Gasteiger partial charge in [0, 0.05) is 12.8 Å². The molecule has 0 spiro atoms. The second-order valence-electron chi connectivity index (χ2n) is 3.27. The molecule has 0 aromatic heterocycles. The van der Waals surface area contributed by atoms with Crippen molar-refractivity contribution in [1.29, 1.82) is 0 Å². The smallest absolute Gasteiger partial charge is 0.0442 e. The van der Waals surface area contributed by atoms with E-state index in [0.717, 1.165) is 6.54 Å². The van der Waals surface area contributed by atoms with Gasteiger partial charge in [-0.25, -0.2) is 0 Å². The van der Waals surface area contributed by atoms with E-state index in [-0.39, 0.29) is 0 Å². The Morgan fingerprint density at radius 3 is 2.38 bits per heavy atom. The van der Waals surface area contributed by atoms with E-state index in [0.29, 0.717) is 11.3 Å². The van der Waals surface area contributed by atoms with Gasteiger partial charge in [0.05, 0.1) is 0 Å². The Morgan fingerprint density at radius 1 is 1.62 bits per heavy atom. The molecule has 1 aliphatic rings. The largest absolute Gasteiger partial charge is 0.297 e. The Labute approximate surface area is 50.8 Å². The Hall–Kier alpha value is -0.330. The number of rotatable bonds is 0. The summed E-state index contributed by atoms with van der Waals surface area (Å²) in [6.45, 7) is 7.74. The molecule has 0 radical (unpaired) electrons. The fourth-order valence-corrected chi connectivity index (χ4v) is 0.792. The topological polar surface area (TPSA) is 12.4 Å². The lowest BCUT2D eigenvalue weighted by Gasteiger charge is -2.20. The Morgan fingerprint density at radius 2 is 2.25 bits per heavy atom. The lowest BCUT2D eigenvalue weighted by Crippen LogP contribution is -2.19. The molecule has 1 heterocycles. The van der Waals surface area contributed by atoms with Crippen LogP contribution in [0, 0.1) is 11.3 Å². The Kier molecular flexibility index (Phi) is 1.14. The molecule has 1 unspecified atom stereocenters. The molecule has 0 amide bonds. The molecule has 1 nitrogen and oxygen atoms in total. The maximum absolute atomic E-state index is 4.19. The van der Waals surface area contributed by atoms with Crippen LogP contribution in [0.4, 0.5) is 0 Å². The molecule has 8 heavy (non-hydrogen) atoms. The van der Waals surface area contributed by atoms with Crippen molar-refractivity contribution in [2.75, 3.05) is 6.54 Å². The molecule has 0 saturated carbocycles. The Bertz CT molecular complexity index is 114. The minimum Gasteiger partial charge on any atom is -0.297 e. The van der Waals surface area contributed by atoms with Crippen molar-refractivity contribution in [3.63, 3.8) is 0 Å². The van der Waals surface area contributed by atoms with Crippen molar-refractivity contribution in [3.8, 4) is 0 Å². The number of hydrogen-bond acceptors (Lipinski definition) is 1. The summed E-state index contributed by atoms with van der Waals surface area (Å²) in [4.78, 5) is 4.19. The summed E-state index contributed by atoms with van der Waals surface area (Å²) in [6, 6.07) is 0. The van der Waals surface area contributed by atoms with Crippen molar-refractivity contribution in [2.45, 2.75) is 20.8 Å². The predicted octanol–water partition coefficient (Wildman–Crippen LogP) is 1.73. The molecule has 0 bridgehead atoms. The number of nitrogens with zero attached hydrogens (tertiary/aromatic N) is 1. The zero-order valence-electron chi connectivity index (χ0n) is 5.81. The molecule has 1 aliphatic heterocycles. The molecule has 1 heteroatoms. The van der Waals surface area contributed by atoms with Crippen LogP contribution in [0.5, 0.6) is 0 Å². The van der Waals surface area contributed by atoms with Crippen molar-refractivity contribution >= 4 is 6.21 Å². The van der Waals surface area contributed by atoms with E-state index < -0.39 is 0 Å². The van der Waals surface area contributed by atoms with Crippen LogP contribution in [0.3, 0.4) is 0 Å². The van der Waals surface area contributed by atoms with Crippen LogP contribution in [-0.2, 0) is 0 Å². The van der Waals surface area contributed by atoms with Crippen molar-refractivity contribution in [3.05, 3.63) is 0 Å². The van der Waals surface area contributed by atoms with Gasteiger partial charge in [-0.2, -0.15) is 0 Å². The summed E-state index contributed by atoms with van der Waals surface area (Å²) >= 11 is 0. The van der Waals surface area contributed by atoms with E-state index in [9.17, 15) is 0 Å². The van der Waals surface area contributed by atoms with Gasteiger partial charge >= 0.3 is 0 Å². The highest BCUT2D eigenvalue weighted by molar-refractivity contribution is 5.63. The molecule has 1 atom stereocenters. The molecule has 0 aromatic rings. The van der Waals surface area contributed by atoms with Crippen molar-refractivity contribution in [2.24, 2.45) is 16.3 Å². The summed E-state index contributed by atoms with van der Waals surface area (Å²) in [5.74, 6) is 0.669. The molecule has 0 N–H and O–H groups in total. The summed E-state index contributed by atoms with van der Waals surface area (Å²) < 4.78 is 0. The van der Waals surface area contributed by atoms with Crippen molar-refractivity contribution in [1.82, 2.24) is 0 Å². The van der Waals surface area contributed by atoms with E-state index in [2.05, 4.69) is 32.0 Å². The zero-order chi connectivity index (χ0) is 6.20. The first-order chi connectivity index (χ1) is 3.63. The fourth-order valence-electron chi connectivity index (χ4n) is 0.792. The second-order valence-corrected chi connectivity index (χ2v) is 3.27. The van der Waals surface area contributed by atoms with Gasteiger partial charge in [-0.1, -0.05) is 20.8 Å². The normalized spacial score (nSPS) is 33.6. The van der Waals surface area contributed by atoms with Crippen LogP contribution in [0.25, 0.3) is 0 Å². The van der Waals surface area contributed by atoms with Gasteiger partial charge in [0.25, 0.3) is 0 Å². The SMILES string of the molecule is CC1C=NCC1(C)C. The third-order valence-corrected chi connectivity index (χ3v) is 2.06. The predicted molar refractivity (Wildman–Crippen MR) is 36.3 cm³/mol.